The van der Waals surface area contributed by atoms with Gasteiger partial charge in [0, 0.05) is 32.4 Å². The van der Waals surface area contributed by atoms with E-state index in [2.05, 4.69) is 43.0 Å². The molecule has 2 aliphatic heterocycles. The van der Waals surface area contributed by atoms with E-state index in [-0.39, 0.29) is 22.9 Å². The Morgan fingerprint density at radius 2 is 1.76 bits per heavy atom. The quantitative estimate of drug-likeness (QED) is 0.200. The summed E-state index contributed by atoms with van der Waals surface area (Å²) >= 11 is 6.27. The van der Waals surface area contributed by atoms with Crippen molar-refractivity contribution in [2.45, 2.75) is 52.6 Å². The molecule has 41 heavy (non-hydrogen) atoms. The van der Waals surface area contributed by atoms with Crippen LogP contribution in [-0.2, 0) is 11.3 Å². The van der Waals surface area contributed by atoms with Crippen molar-refractivity contribution in [1.82, 2.24) is 4.90 Å². The zero-order chi connectivity index (χ0) is 28.8. The van der Waals surface area contributed by atoms with Gasteiger partial charge in [0.15, 0.2) is 6.29 Å². The number of phenols is 1. The van der Waals surface area contributed by atoms with Crippen molar-refractivity contribution in [2.24, 2.45) is 5.41 Å². The topological polar surface area (TPSA) is 68.2 Å². The summed E-state index contributed by atoms with van der Waals surface area (Å²) in [4.78, 5) is 13.7. The van der Waals surface area contributed by atoms with Gasteiger partial charge in [-0.1, -0.05) is 41.9 Å². The Kier molecular flexibility index (Phi) is 9.53. The van der Waals surface area contributed by atoms with Gasteiger partial charge in [0.1, 0.15) is 23.9 Å². The van der Waals surface area contributed by atoms with Crippen molar-refractivity contribution in [3.05, 3.63) is 75.8 Å². The normalized spacial score (nSPS) is 17.0. The molecule has 3 aromatic rings. The summed E-state index contributed by atoms with van der Waals surface area (Å²) in [6.45, 7) is 10.5. The van der Waals surface area contributed by atoms with Gasteiger partial charge >= 0.3 is 0 Å². The van der Waals surface area contributed by atoms with Gasteiger partial charge in [0.05, 0.1) is 17.2 Å². The minimum Gasteiger partial charge on any atom is -0.507 e. The number of rotatable bonds is 10. The minimum atomic E-state index is -0.156. The molecule has 2 fully saturated rings. The second-order valence-corrected chi connectivity index (χ2v) is 11.9. The number of likely N-dealkylation sites (tertiary alicyclic amines) is 1. The molecule has 1 spiro atoms. The maximum absolute atomic E-state index is 11.1. The van der Waals surface area contributed by atoms with Crippen molar-refractivity contribution >= 4 is 17.9 Å². The Morgan fingerprint density at radius 3 is 2.54 bits per heavy atom. The van der Waals surface area contributed by atoms with Crippen LogP contribution in [0.2, 0.25) is 5.02 Å². The molecule has 6 nitrogen and oxygen atoms in total. The number of aldehydes is 1. The van der Waals surface area contributed by atoms with Crippen molar-refractivity contribution < 1.29 is 24.1 Å². The van der Waals surface area contributed by atoms with Crippen LogP contribution in [0.4, 0.5) is 0 Å². The number of phenolic OH excluding ortho intramolecular Hbond substituents is 1. The van der Waals surface area contributed by atoms with Crippen LogP contribution in [-0.4, -0.2) is 55.7 Å². The summed E-state index contributed by atoms with van der Waals surface area (Å²) in [5.41, 5.74) is 6.07. The lowest BCUT2D eigenvalue weighted by Gasteiger charge is -2.45. The molecule has 0 aliphatic carbocycles. The lowest BCUT2D eigenvalue weighted by atomic mass is 9.74. The Hall–Kier alpha value is -3.06. The molecule has 2 saturated heterocycles. The van der Waals surface area contributed by atoms with E-state index in [4.69, 9.17) is 25.8 Å². The molecule has 0 saturated carbocycles. The van der Waals surface area contributed by atoms with Crippen LogP contribution in [0.3, 0.4) is 0 Å². The van der Waals surface area contributed by atoms with Gasteiger partial charge in [-0.3, -0.25) is 4.79 Å². The van der Waals surface area contributed by atoms with E-state index in [1.165, 1.54) is 50.9 Å². The maximum Gasteiger partial charge on any atom is 0.153 e. The predicted molar refractivity (Wildman–Crippen MR) is 162 cm³/mol. The zero-order valence-electron chi connectivity index (χ0n) is 24.1. The molecule has 1 N–H and O–H groups in total. The first kappa shape index (κ1) is 29.4. The molecule has 0 atom stereocenters. The fourth-order valence-electron chi connectivity index (χ4n) is 6.30. The molecule has 5 rings (SSSR count). The highest BCUT2D eigenvalue weighted by molar-refractivity contribution is 6.32. The van der Waals surface area contributed by atoms with Crippen LogP contribution < -0.4 is 9.47 Å². The number of hydrogen-bond donors (Lipinski definition) is 1. The first-order chi connectivity index (χ1) is 19.9. The molecule has 0 unspecified atom stereocenters. The number of carbonyl (C=O) groups is 1. The Bertz CT molecular complexity index is 1360. The van der Waals surface area contributed by atoms with Crippen LogP contribution in [0.25, 0.3) is 11.1 Å². The van der Waals surface area contributed by atoms with Gasteiger partial charge in [0.2, 0.25) is 0 Å². The number of carbonyl (C=O) groups excluding carboxylic acids is 1. The van der Waals surface area contributed by atoms with Gasteiger partial charge in [-0.25, -0.2) is 0 Å². The van der Waals surface area contributed by atoms with E-state index in [1.54, 1.807) is 0 Å². The number of nitrogens with zero attached hydrogens (tertiary/aromatic N) is 1. The lowest BCUT2D eigenvalue weighted by molar-refractivity contribution is -0.0279. The van der Waals surface area contributed by atoms with Crippen molar-refractivity contribution in [3.8, 4) is 28.4 Å². The molecular weight excluding hydrogens is 538 g/mol. The Morgan fingerprint density at radius 1 is 1.00 bits per heavy atom. The highest BCUT2D eigenvalue weighted by atomic mass is 35.5. The highest BCUT2D eigenvalue weighted by Crippen LogP contribution is 2.39. The van der Waals surface area contributed by atoms with Crippen LogP contribution in [0.1, 0.15) is 59.2 Å². The van der Waals surface area contributed by atoms with Gasteiger partial charge in [-0.15, -0.1) is 0 Å². The molecule has 0 aromatic heterocycles. The average molecular weight is 578 g/mol. The zero-order valence-corrected chi connectivity index (χ0v) is 24.8. The lowest BCUT2D eigenvalue weighted by Crippen LogP contribution is -2.46. The van der Waals surface area contributed by atoms with Crippen LogP contribution in [0, 0.1) is 19.3 Å². The molecule has 7 heteroatoms. The van der Waals surface area contributed by atoms with Crippen molar-refractivity contribution in [3.63, 3.8) is 0 Å². The van der Waals surface area contributed by atoms with Gasteiger partial charge in [0.25, 0.3) is 0 Å². The Balaban J connectivity index is 1.21. The van der Waals surface area contributed by atoms with E-state index in [0.29, 0.717) is 24.1 Å². The van der Waals surface area contributed by atoms with E-state index >= 15 is 0 Å². The monoisotopic (exact) mass is 577 g/mol. The molecule has 218 valence electrons. The van der Waals surface area contributed by atoms with Crippen molar-refractivity contribution in [2.75, 3.05) is 39.5 Å². The first-order valence-corrected chi connectivity index (χ1v) is 15.0. The second kappa shape index (κ2) is 13.3. The number of aromatic hydroxyl groups is 1. The fraction of sp³-hybridized carbons (Fsp3) is 0.441. The third-order valence-electron chi connectivity index (χ3n) is 8.78. The number of hydrogen-bond acceptors (Lipinski definition) is 6. The third kappa shape index (κ3) is 6.88. The van der Waals surface area contributed by atoms with E-state index < -0.39 is 0 Å². The summed E-state index contributed by atoms with van der Waals surface area (Å²) < 4.78 is 17.9. The standard InChI is InChI=1S/C34H40ClNO5/c1-24-26(22-41-33-20-31(38)27(21-37)19-30(33)35)7-3-8-28(24)29-9-4-10-32(25(29)2)40-16-6-15-36-14-5-11-34(23-36)12-17-39-18-13-34/h3-4,7-10,19-21,38H,5-6,11-18,22-23H2,1-2H3. The SMILES string of the molecule is Cc1c(COc2cc(O)c(C=O)cc2Cl)cccc1-c1cccc(OCCCN2CCCC3(CCOCC3)C2)c1C. The molecule has 2 aliphatic rings. The molecule has 3 aromatic carbocycles. The number of piperidine rings is 1. The second-order valence-electron chi connectivity index (χ2n) is 11.5. The van der Waals surface area contributed by atoms with E-state index in [1.807, 2.05) is 12.1 Å². The molecule has 2 heterocycles. The fourth-order valence-corrected chi connectivity index (χ4v) is 6.52. The van der Waals surface area contributed by atoms with Gasteiger partial charge in [-0.05, 0) is 97.9 Å². The number of halogens is 1. The van der Waals surface area contributed by atoms with Crippen LogP contribution >= 0.6 is 11.6 Å². The van der Waals surface area contributed by atoms with Crippen LogP contribution in [0.15, 0.2) is 48.5 Å². The summed E-state index contributed by atoms with van der Waals surface area (Å²) in [6, 6.07) is 15.2. The van der Waals surface area contributed by atoms with Gasteiger partial charge < -0.3 is 24.2 Å². The number of ether oxygens (including phenoxy) is 3. The highest BCUT2D eigenvalue weighted by Gasteiger charge is 2.36. The summed E-state index contributed by atoms with van der Waals surface area (Å²) in [7, 11) is 0. The molecular formula is C34H40ClNO5. The van der Waals surface area contributed by atoms with E-state index in [9.17, 15) is 9.90 Å². The third-order valence-corrected chi connectivity index (χ3v) is 9.08. The maximum atomic E-state index is 11.1. The predicted octanol–water partition coefficient (Wildman–Crippen LogP) is 7.38. The Labute approximate surface area is 248 Å². The number of benzene rings is 3. The first-order valence-electron chi connectivity index (χ1n) is 14.6. The molecule has 0 bridgehead atoms. The summed E-state index contributed by atoms with van der Waals surface area (Å²) in [6.07, 6.45) is 6.60. The smallest absolute Gasteiger partial charge is 0.153 e. The average Bonchev–Trinajstić information content (AvgIpc) is 2.97. The largest absolute Gasteiger partial charge is 0.507 e. The van der Waals surface area contributed by atoms with E-state index in [0.717, 1.165) is 59.7 Å². The van der Waals surface area contributed by atoms with Gasteiger partial charge in [-0.2, -0.15) is 0 Å². The minimum absolute atomic E-state index is 0.132. The summed E-state index contributed by atoms with van der Waals surface area (Å²) in [5.74, 6) is 1.09. The summed E-state index contributed by atoms with van der Waals surface area (Å²) in [5, 5.41) is 10.3. The van der Waals surface area contributed by atoms with Crippen LogP contribution in [0.5, 0.6) is 17.2 Å². The molecule has 0 radical (unpaired) electrons. The molecule has 0 amide bonds. The van der Waals surface area contributed by atoms with Crippen molar-refractivity contribution in [1.29, 1.82) is 0 Å².